The van der Waals surface area contributed by atoms with E-state index in [9.17, 15) is 9.18 Å². The van der Waals surface area contributed by atoms with E-state index in [-0.39, 0.29) is 17.6 Å². The number of hydrogen-bond acceptors (Lipinski definition) is 4. The second kappa shape index (κ2) is 10.8. The second-order valence-electron chi connectivity index (χ2n) is 8.93. The van der Waals surface area contributed by atoms with Gasteiger partial charge in [-0.15, -0.1) is 0 Å². The number of aromatic nitrogens is 2. The van der Waals surface area contributed by atoms with Crippen LogP contribution in [0.5, 0.6) is 11.5 Å². The van der Waals surface area contributed by atoms with Gasteiger partial charge in [0.15, 0.2) is 11.5 Å². The molecule has 3 aromatic carbocycles. The fourth-order valence-electron chi connectivity index (χ4n) is 4.81. The maximum atomic E-state index is 13.8. The van der Waals surface area contributed by atoms with Gasteiger partial charge >= 0.3 is 0 Å². The summed E-state index contributed by atoms with van der Waals surface area (Å²) >= 11 is 0. The Labute approximate surface area is 210 Å². The zero-order valence-corrected chi connectivity index (χ0v) is 20.4. The van der Waals surface area contributed by atoms with Crippen molar-refractivity contribution in [2.45, 2.75) is 38.6 Å². The molecule has 186 valence electrons. The minimum absolute atomic E-state index is 0.00873. The smallest absolute Gasteiger partial charge is 0.227 e. The van der Waals surface area contributed by atoms with E-state index in [0.29, 0.717) is 31.9 Å². The molecule has 0 spiro atoms. The van der Waals surface area contributed by atoms with Crippen molar-refractivity contribution in [1.82, 2.24) is 9.55 Å². The molecule has 5 rings (SSSR count). The van der Waals surface area contributed by atoms with Gasteiger partial charge in [0.05, 0.1) is 24.2 Å². The van der Waals surface area contributed by atoms with Crippen LogP contribution < -0.4 is 14.4 Å². The summed E-state index contributed by atoms with van der Waals surface area (Å²) in [6.07, 6.45) is 2.13. The molecule has 2 heterocycles. The number of halogens is 1. The van der Waals surface area contributed by atoms with E-state index in [1.54, 1.807) is 17.0 Å². The average Bonchev–Trinajstić information content (AvgIpc) is 3.45. The number of ether oxygens (including phenoxy) is 2. The zero-order valence-electron chi connectivity index (χ0n) is 20.4. The highest BCUT2D eigenvalue weighted by atomic mass is 19.1. The normalized spacial score (nSPS) is 15.6. The van der Waals surface area contributed by atoms with Gasteiger partial charge in [0, 0.05) is 31.1 Å². The third-order valence-electron chi connectivity index (χ3n) is 6.48. The summed E-state index contributed by atoms with van der Waals surface area (Å²) in [6.45, 7) is 4.40. The third kappa shape index (κ3) is 5.05. The molecule has 0 saturated carbocycles. The lowest BCUT2D eigenvalue weighted by Crippen LogP contribution is -2.24. The number of benzene rings is 3. The lowest BCUT2D eigenvalue weighted by Gasteiger charge is -2.17. The monoisotopic (exact) mass is 487 g/mol. The van der Waals surface area contributed by atoms with Gasteiger partial charge in [0.25, 0.3) is 0 Å². The maximum absolute atomic E-state index is 13.8. The van der Waals surface area contributed by atoms with Gasteiger partial charge in [-0.1, -0.05) is 30.3 Å². The highest BCUT2D eigenvalue weighted by molar-refractivity contribution is 5.96. The molecular weight excluding hydrogens is 457 g/mol. The standard InChI is InChI=1S/C29H30FN3O3/c1-2-35-26-14-5-6-15-27(26)36-17-8-7-16-32-25-13-4-3-12-24(25)31-29(32)21-18-28(34)33(20-21)23-11-9-10-22(30)19-23/h3-6,9-15,19,21H,2,7-8,16-18,20H2,1H3. The summed E-state index contributed by atoms with van der Waals surface area (Å²) in [6, 6.07) is 22.0. The average molecular weight is 488 g/mol. The van der Waals surface area contributed by atoms with Crippen molar-refractivity contribution in [1.29, 1.82) is 0 Å². The predicted octanol–water partition coefficient (Wildman–Crippen LogP) is 5.95. The van der Waals surface area contributed by atoms with Gasteiger partial charge < -0.3 is 18.9 Å². The Morgan fingerprint density at radius 2 is 1.75 bits per heavy atom. The molecule has 0 bridgehead atoms. The summed E-state index contributed by atoms with van der Waals surface area (Å²) in [5.74, 6) is 2.02. The molecule has 4 aromatic rings. The van der Waals surface area contributed by atoms with E-state index in [1.807, 2.05) is 49.4 Å². The van der Waals surface area contributed by atoms with Gasteiger partial charge in [0.1, 0.15) is 11.6 Å². The van der Waals surface area contributed by atoms with Crippen molar-refractivity contribution in [3.63, 3.8) is 0 Å². The topological polar surface area (TPSA) is 56.6 Å². The molecule has 6 nitrogen and oxygen atoms in total. The Bertz CT molecular complexity index is 1350. The molecule has 7 heteroatoms. The Kier molecular flexibility index (Phi) is 7.16. The number of unbranched alkanes of at least 4 members (excludes halogenated alkanes) is 1. The second-order valence-corrected chi connectivity index (χ2v) is 8.93. The number of nitrogens with zero attached hydrogens (tertiary/aromatic N) is 3. The van der Waals surface area contributed by atoms with E-state index >= 15 is 0 Å². The lowest BCUT2D eigenvalue weighted by atomic mass is 10.1. The molecule has 1 atom stereocenters. The predicted molar refractivity (Wildman–Crippen MR) is 138 cm³/mol. The van der Waals surface area contributed by atoms with Gasteiger partial charge in [-0.05, 0) is 62.2 Å². The molecule has 0 N–H and O–H groups in total. The summed E-state index contributed by atoms with van der Waals surface area (Å²) in [4.78, 5) is 19.4. The van der Waals surface area contributed by atoms with Crippen LogP contribution in [-0.4, -0.2) is 35.2 Å². The van der Waals surface area contributed by atoms with E-state index < -0.39 is 0 Å². The molecule has 1 fully saturated rings. The molecule has 1 saturated heterocycles. The summed E-state index contributed by atoms with van der Waals surface area (Å²) < 4.78 is 27.6. The van der Waals surface area contributed by atoms with Crippen LogP contribution in [0, 0.1) is 5.82 Å². The largest absolute Gasteiger partial charge is 0.490 e. The molecule has 1 aliphatic heterocycles. The number of aryl methyl sites for hydroxylation is 1. The number of carbonyl (C=O) groups is 1. The molecule has 0 radical (unpaired) electrons. The van der Waals surface area contributed by atoms with Crippen molar-refractivity contribution in [3.05, 3.63) is 84.4 Å². The van der Waals surface area contributed by atoms with E-state index in [2.05, 4.69) is 10.6 Å². The Hall–Kier alpha value is -3.87. The zero-order chi connectivity index (χ0) is 24.9. The summed E-state index contributed by atoms with van der Waals surface area (Å²) in [5, 5.41) is 0. The van der Waals surface area contributed by atoms with E-state index in [4.69, 9.17) is 14.5 Å². The van der Waals surface area contributed by atoms with E-state index in [0.717, 1.165) is 47.7 Å². The minimum atomic E-state index is -0.345. The molecular formula is C29H30FN3O3. The Balaban J connectivity index is 1.28. The fourth-order valence-corrected chi connectivity index (χ4v) is 4.81. The van der Waals surface area contributed by atoms with E-state index in [1.165, 1.54) is 12.1 Å². The molecule has 0 aliphatic carbocycles. The molecule has 36 heavy (non-hydrogen) atoms. The van der Waals surface area contributed by atoms with Crippen molar-refractivity contribution in [2.24, 2.45) is 0 Å². The third-order valence-corrected chi connectivity index (χ3v) is 6.48. The number of rotatable bonds is 10. The highest BCUT2D eigenvalue weighted by Crippen LogP contribution is 2.33. The first kappa shape index (κ1) is 23.9. The SMILES string of the molecule is CCOc1ccccc1OCCCCn1c(C2CC(=O)N(c3cccc(F)c3)C2)nc2ccccc21. The Morgan fingerprint density at radius 1 is 0.972 bits per heavy atom. The highest BCUT2D eigenvalue weighted by Gasteiger charge is 2.34. The first-order valence-electron chi connectivity index (χ1n) is 12.5. The number of imidazole rings is 1. The van der Waals surface area contributed by atoms with Crippen molar-refractivity contribution >= 4 is 22.6 Å². The lowest BCUT2D eigenvalue weighted by molar-refractivity contribution is -0.117. The molecule has 1 unspecified atom stereocenters. The number of hydrogen-bond donors (Lipinski definition) is 0. The summed E-state index contributed by atoms with van der Waals surface area (Å²) in [7, 11) is 0. The first-order valence-corrected chi connectivity index (χ1v) is 12.5. The maximum Gasteiger partial charge on any atom is 0.227 e. The van der Waals surface area contributed by atoms with Crippen LogP contribution >= 0.6 is 0 Å². The fraction of sp³-hybridized carbons (Fsp3) is 0.310. The number of anilines is 1. The van der Waals surface area contributed by atoms with Gasteiger partial charge in [-0.2, -0.15) is 0 Å². The van der Waals surface area contributed by atoms with Crippen LogP contribution in [0.1, 0.15) is 37.9 Å². The van der Waals surface area contributed by atoms with Crippen molar-refractivity contribution < 1.29 is 18.7 Å². The van der Waals surface area contributed by atoms with Gasteiger partial charge in [-0.25, -0.2) is 9.37 Å². The van der Waals surface area contributed by atoms with Crippen LogP contribution in [0.2, 0.25) is 0 Å². The van der Waals surface area contributed by atoms with Gasteiger partial charge in [0.2, 0.25) is 5.91 Å². The number of para-hydroxylation sites is 4. The quantitative estimate of drug-likeness (QED) is 0.259. The molecule has 1 aromatic heterocycles. The first-order chi connectivity index (χ1) is 17.6. The van der Waals surface area contributed by atoms with Gasteiger partial charge in [-0.3, -0.25) is 4.79 Å². The number of carbonyl (C=O) groups excluding carboxylic acids is 1. The minimum Gasteiger partial charge on any atom is -0.490 e. The van der Waals surface area contributed by atoms with Crippen LogP contribution in [0.25, 0.3) is 11.0 Å². The Morgan fingerprint density at radius 3 is 2.56 bits per heavy atom. The van der Waals surface area contributed by atoms with Crippen LogP contribution in [0.3, 0.4) is 0 Å². The number of fused-ring (bicyclic) bond motifs is 1. The molecule has 1 amide bonds. The van der Waals surface area contributed by atoms with Crippen LogP contribution in [0.4, 0.5) is 10.1 Å². The van der Waals surface area contributed by atoms with Crippen molar-refractivity contribution in [3.8, 4) is 11.5 Å². The number of amides is 1. The molecule has 1 aliphatic rings. The van der Waals surface area contributed by atoms with Crippen LogP contribution in [-0.2, 0) is 11.3 Å². The van der Waals surface area contributed by atoms with Crippen LogP contribution in [0.15, 0.2) is 72.8 Å². The van der Waals surface area contributed by atoms with Crippen molar-refractivity contribution in [2.75, 3.05) is 24.7 Å². The summed E-state index contributed by atoms with van der Waals surface area (Å²) in [5.41, 5.74) is 2.58.